The van der Waals surface area contributed by atoms with Crippen LogP contribution in [0.2, 0.25) is 0 Å². The summed E-state index contributed by atoms with van der Waals surface area (Å²) in [5.41, 5.74) is -0.340. The predicted octanol–water partition coefficient (Wildman–Crippen LogP) is 3.28. The van der Waals surface area contributed by atoms with E-state index in [4.69, 9.17) is 4.74 Å². The number of nitrogens with zero attached hydrogens (tertiary/aromatic N) is 3. The molecule has 35 heavy (non-hydrogen) atoms. The molecule has 0 aromatic rings. The van der Waals surface area contributed by atoms with Gasteiger partial charge in [0.05, 0.1) is 18.1 Å². The third-order valence-corrected chi connectivity index (χ3v) is 9.17. The molecule has 7 nitrogen and oxygen atoms in total. The van der Waals surface area contributed by atoms with E-state index in [1.807, 2.05) is 4.90 Å². The molecular weight excluding hydrogens is 440 g/mol. The van der Waals surface area contributed by atoms with Gasteiger partial charge in [-0.2, -0.15) is 0 Å². The van der Waals surface area contributed by atoms with Crippen LogP contribution in [0.25, 0.3) is 0 Å². The molecule has 4 rings (SSSR count). The molecule has 4 fully saturated rings. The number of amides is 2. The number of ether oxygens (including phenoxy) is 1. The first kappa shape index (κ1) is 26.9. The molecule has 0 aromatic heterocycles. The zero-order valence-corrected chi connectivity index (χ0v) is 22.6. The fourth-order valence-electron chi connectivity index (χ4n) is 6.84. The zero-order chi connectivity index (χ0) is 24.8. The van der Waals surface area contributed by atoms with Crippen LogP contribution in [0.5, 0.6) is 0 Å². The van der Waals surface area contributed by atoms with Crippen LogP contribution >= 0.6 is 0 Å². The number of hydrogen-bond donors (Lipinski definition) is 1. The molecule has 1 spiro atoms. The third-order valence-electron chi connectivity index (χ3n) is 9.17. The molecule has 2 atom stereocenters. The number of likely N-dealkylation sites (tertiary alicyclic amines) is 2. The summed E-state index contributed by atoms with van der Waals surface area (Å²) in [6.45, 7) is 10.8. The number of hydrogen-bond acceptors (Lipinski definition) is 5. The van der Waals surface area contributed by atoms with Crippen LogP contribution in [-0.2, 0) is 14.3 Å². The topological polar surface area (TPSA) is 65.1 Å². The van der Waals surface area contributed by atoms with E-state index in [0.29, 0.717) is 25.0 Å². The summed E-state index contributed by atoms with van der Waals surface area (Å²) in [5.74, 6) is 0.598. The van der Waals surface area contributed by atoms with Crippen LogP contribution < -0.4 is 5.32 Å². The van der Waals surface area contributed by atoms with Crippen molar-refractivity contribution in [2.45, 2.75) is 103 Å². The van der Waals surface area contributed by atoms with Crippen molar-refractivity contribution in [3.8, 4) is 0 Å². The van der Waals surface area contributed by atoms with E-state index < -0.39 is 6.04 Å². The molecule has 0 saturated carbocycles. The number of piperidine rings is 2. The van der Waals surface area contributed by atoms with Gasteiger partial charge in [0.1, 0.15) is 6.04 Å². The number of rotatable bonds is 3. The molecule has 4 aliphatic rings. The molecule has 0 unspecified atom stereocenters. The van der Waals surface area contributed by atoms with Gasteiger partial charge in [-0.1, -0.05) is 26.7 Å². The van der Waals surface area contributed by atoms with Crippen LogP contribution in [0.15, 0.2) is 0 Å². The smallest absolute Gasteiger partial charge is 0.245 e. The lowest BCUT2D eigenvalue weighted by molar-refractivity contribution is -0.143. The van der Waals surface area contributed by atoms with E-state index in [2.05, 4.69) is 36.0 Å². The molecule has 200 valence electrons. The molecule has 1 N–H and O–H groups in total. The number of nitrogens with one attached hydrogen (secondary N) is 1. The molecule has 0 bridgehead atoms. The van der Waals surface area contributed by atoms with Crippen molar-refractivity contribution in [1.29, 1.82) is 0 Å². The minimum atomic E-state index is -0.421. The zero-order valence-electron chi connectivity index (χ0n) is 22.6. The van der Waals surface area contributed by atoms with Crippen molar-refractivity contribution in [1.82, 2.24) is 20.0 Å². The molecule has 0 aromatic carbocycles. The maximum absolute atomic E-state index is 14.0. The Morgan fingerprint density at radius 2 is 1.66 bits per heavy atom. The lowest BCUT2D eigenvalue weighted by Crippen LogP contribution is -2.57. The largest absolute Gasteiger partial charge is 0.379 e. The van der Waals surface area contributed by atoms with Crippen LogP contribution in [0.1, 0.15) is 84.5 Å². The second kappa shape index (κ2) is 12.4. The van der Waals surface area contributed by atoms with Crippen LogP contribution in [0.3, 0.4) is 0 Å². The van der Waals surface area contributed by atoms with Crippen LogP contribution in [-0.4, -0.2) is 97.6 Å². The molecule has 4 heterocycles. The second-order valence-corrected chi connectivity index (χ2v) is 12.2. The fraction of sp³-hybridized carbons (Fsp3) is 0.929. The average Bonchev–Trinajstić information content (AvgIpc) is 3.31. The highest BCUT2D eigenvalue weighted by molar-refractivity contribution is 5.90. The number of fused-ring (bicyclic) bond motifs is 1. The van der Waals surface area contributed by atoms with Gasteiger partial charge >= 0.3 is 0 Å². The molecular formula is C28H50N4O3. The van der Waals surface area contributed by atoms with Gasteiger partial charge < -0.3 is 24.8 Å². The monoisotopic (exact) mass is 490 g/mol. The standard InChI is InChI=1S/C28H50N4O3/c1-22(2)20-25-26(33)32-14-7-8-24(32)21-35-19-6-4-5-11-28(27(34)29-25)12-17-31(18-13-28)23-9-15-30(3)16-10-23/h22-25H,4-21H2,1-3H3,(H,29,34)/t24-,25-/m0/s1. The number of carbonyl (C=O) groups is 2. The Balaban J connectivity index is 1.48. The van der Waals surface area contributed by atoms with Gasteiger partial charge in [0.15, 0.2) is 0 Å². The second-order valence-electron chi connectivity index (χ2n) is 12.2. The van der Waals surface area contributed by atoms with Gasteiger partial charge in [-0.3, -0.25) is 9.59 Å². The van der Waals surface area contributed by atoms with Gasteiger partial charge in [0, 0.05) is 19.2 Å². The number of carbonyl (C=O) groups excluding carboxylic acids is 2. The van der Waals surface area contributed by atoms with E-state index in [1.165, 1.54) is 25.9 Å². The Labute approximate surface area is 213 Å². The molecule has 7 heteroatoms. The first-order chi connectivity index (χ1) is 16.9. The first-order valence-electron chi connectivity index (χ1n) is 14.5. The summed E-state index contributed by atoms with van der Waals surface area (Å²) in [6, 6.07) is 0.392. The van der Waals surface area contributed by atoms with Gasteiger partial charge in [0.2, 0.25) is 11.8 Å². The van der Waals surface area contributed by atoms with Gasteiger partial charge in [-0.25, -0.2) is 0 Å². The van der Waals surface area contributed by atoms with E-state index in [0.717, 1.165) is 77.6 Å². The lowest BCUT2D eigenvalue weighted by atomic mass is 9.72. The van der Waals surface area contributed by atoms with Crippen molar-refractivity contribution in [2.75, 3.05) is 53.0 Å². The normalized spacial score (nSPS) is 30.9. The molecule has 4 aliphatic heterocycles. The van der Waals surface area contributed by atoms with Gasteiger partial charge in [0.25, 0.3) is 0 Å². The Kier molecular flexibility index (Phi) is 9.50. The van der Waals surface area contributed by atoms with Gasteiger partial charge in [-0.05, 0) is 96.9 Å². The van der Waals surface area contributed by atoms with E-state index in [-0.39, 0.29) is 23.3 Å². The van der Waals surface area contributed by atoms with Crippen molar-refractivity contribution in [3.05, 3.63) is 0 Å². The highest BCUT2D eigenvalue weighted by atomic mass is 16.5. The lowest BCUT2D eigenvalue weighted by Gasteiger charge is -2.46. The Hall–Kier alpha value is -1.18. The van der Waals surface area contributed by atoms with Gasteiger partial charge in [-0.15, -0.1) is 0 Å². The van der Waals surface area contributed by atoms with E-state index >= 15 is 0 Å². The molecule has 4 saturated heterocycles. The average molecular weight is 491 g/mol. The van der Waals surface area contributed by atoms with E-state index in [1.54, 1.807) is 0 Å². The fourth-order valence-corrected chi connectivity index (χ4v) is 6.84. The summed E-state index contributed by atoms with van der Waals surface area (Å²) in [6.07, 6.45) is 11.2. The molecule has 2 amide bonds. The Morgan fingerprint density at radius 1 is 0.914 bits per heavy atom. The minimum absolute atomic E-state index is 0.106. The minimum Gasteiger partial charge on any atom is -0.379 e. The third kappa shape index (κ3) is 6.78. The Bertz CT molecular complexity index is 698. The van der Waals surface area contributed by atoms with Crippen molar-refractivity contribution >= 4 is 11.8 Å². The molecule has 0 radical (unpaired) electrons. The first-order valence-corrected chi connectivity index (χ1v) is 14.5. The van der Waals surface area contributed by atoms with Crippen LogP contribution in [0, 0.1) is 11.3 Å². The Morgan fingerprint density at radius 3 is 2.37 bits per heavy atom. The predicted molar refractivity (Wildman–Crippen MR) is 139 cm³/mol. The van der Waals surface area contributed by atoms with Crippen molar-refractivity contribution < 1.29 is 14.3 Å². The quantitative estimate of drug-likeness (QED) is 0.658. The SMILES string of the molecule is CC(C)C[C@@H]1NC(=O)C2(CCCCCOC[C@@H]3CCCN3C1=O)CCN(C1CCN(C)CC1)CC2. The van der Waals surface area contributed by atoms with Crippen molar-refractivity contribution in [3.63, 3.8) is 0 Å². The van der Waals surface area contributed by atoms with E-state index in [9.17, 15) is 9.59 Å². The summed E-state index contributed by atoms with van der Waals surface area (Å²) >= 11 is 0. The van der Waals surface area contributed by atoms with Crippen LogP contribution in [0.4, 0.5) is 0 Å². The summed E-state index contributed by atoms with van der Waals surface area (Å²) < 4.78 is 6.01. The maximum atomic E-state index is 14.0. The highest BCUT2D eigenvalue weighted by Gasteiger charge is 2.44. The molecule has 0 aliphatic carbocycles. The maximum Gasteiger partial charge on any atom is 0.245 e. The summed E-state index contributed by atoms with van der Waals surface area (Å²) in [5, 5.41) is 3.33. The summed E-state index contributed by atoms with van der Waals surface area (Å²) in [7, 11) is 2.21. The summed E-state index contributed by atoms with van der Waals surface area (Å²) in [4.78, 5) is 34.7. The highest BCUT2D eigenvalue weighted by Crippen LogP contribution is 2.39. The van der Waals surface area contributed by atoms with Crippen molar-refractivity contribution in [2.24, 2.45) is 11.3 Å².